The van der Waals surface area contributed by atoms with Crippen molar-refractivity contribution < 1.29 is 4.39 Å². The zero-order valence-electron chi connectivity index (χ0n) is 5.71. The molecular weight excluding hydrogens is 147 g/mol. The lowest BCUT2D eigenvalue weighted by Gasteiger charge is -2.01. The van der Waals surface area contributed by atoms with Gasteiger partial charge >= 0.3 is 0 Å². The third kappa shape index (κ3) is 1.74. The van der Waals surface area contributed by atoms with E-state index < -0.39 is 0 Å². The van der Waals surface area contributed by atoms with Crippen molar-refractivity contribution in [2.24, 2.45) is 0 Å². The SMILES string of the molecule is CC(S)c1ccc(F)cc1. The molecule has 0 bridgehead atoms. The largest absolute Gasteiger partial charge is 0.207 e. The molecule has 1 rings (SSSR count). The fraction of sp³-hybridized carbons (Fsp3) is 0.250. The fourth-order valence-electron chi connectivity index (χ4n) is 0.741. The van der Waals surface area contributed by atoms with Gasteiger partial charge in [0.05, 0.1) is 0 Å². The molecule has 0 aliphatic heterocycles. The van der Waals surface area contributed by atoms with E-state index in [1.54, 1.807) is 12.1 Å². The maximum Gasteiger partial charge on any atom is 0.123 e. The average Bonchev–Trinajstić information content (AvgIpc) is 1.88. The molecule has 0 spiro atoms. The van der Waals surface area contributed by atoms with Crippen LogP contribution in [-0.2, 0) is 0 Å². The van der Waals surface area contributed by atoms with Crippen LogP contribution in [0.2, 0.25) is 0 Å². The Morgan fingerprint density at radius 1 is 1.30 bits per heavy atom. The molecule has 54 valence electrons. The summed E-state index contributed by atoms with van der Waals surface area (Å²) in [6, 6.07) is 6.38. The van der Waals surface area contributed by atoms with Gasteiger partial charge in [-0.05, 0) is 24.6 Å². The average molecular weight is 156 g/mol. The lowest BCUT2D eigenvalue weighted by atomic mass is 10.2. The molecule has 0 saturated heterocycles. The van der Waals surface area contributed by atoms with Gasteiger partial charge in [-0.15, -0.1) is 0 Å². The minimum absolute atomic E-state index is 0.181. The van der Waals surface area contributed by atoms with E-state index in [0.717, 1.165) is 5.56 Å². The molecule has 0 radical (unpaired) electrons. The van der Waals surface area contributed by atoms with E-state index in [1.165, 1.54) is 12.1 Å². The summed E-state index contributed by atoms with van der Waals surface area (Å²) in [7, 11) is 0. The van der Waals surface area contributed by atoms with Gasteiger partial charge in [-0.2, -0.15) is 12.6 Å². The number of thiol groups is 1. The van der Waals surface area contributed by atoms with Crippen LogP contribution in [-0.4, -0.2) is 0 Å². The number of hydrogen-bond donors (Lipinski definition) is 1. The Labute approximate surface area is 65.5 Å². The van der Waals surface area contributed by atoms with E-state index in [0.29, 0.717) is 0 Å². The van der Waals surface area contributed by atoms with Crippen LogP contribution in [0.3, 0.4) is 0 Å². The Bertz CT molecular complexity index is 203. The second-order valence-electron chi connectivity index (χ2n) is 2.23. The fourth-order valence-corrected chi connectivity index (χ4v) is 0.913. The summed E-state index contributed by atoms with van der Waals surface area (Å²) < 4.78 is 12.3. The number of rotatable bonds is 1. The Balaban J connectivity index is 2.89. The van der Waals surface area contributed by atoms with Crippen molar-refractivity contribution in [2.75, 3.05) is 0 Å². The van der Waals surface area contributed by atoms with Gasteiger partial charge in [0.25, 0.3) is 0 Å². The highest BCUT2D eigenvalue weighted by Crippen LogP contribution is 2.18. The second kappa shape index (κ2) is 3.06. The summed E-state index contributed by atoms with van der Waals surface area (Å²) in [5.74, 6) is -0.197. The lowest BCUT2D eigenvalue weighted by Crippen LogP contribution is -1.83. The molecule has 0 fully saturated rings. The van der Waals surface area contributed by atoms with Crippen molar-refractivity contribution in [1.82, 2.24) is 0 Å². The van der Waals surface area contributed by atoms with Gasteiger partial charge in [0.1, 0.15) is 5.82 Å². The van der Waals surface area contributed by atoms with E-state index in [1.807, 2.05) is 6.92 Å². The standard InChI is InChI=1S/C8H9FS/c1-6(10)7-2-4-8(9)5-3-7/h2-6,10H,1H3. The summed E-state index contributed by atoms with van der Waals surface area (Å²) in [5.41, 5.74) is 1.05. The van der Waals surface area contributed by atoms with Crippen molar-refractivity contribution in [1.29, 1.82) is 0 Å². The van der Waals surface area contributed by atoms with Gasteiger partial charge in [-0.3, -0.25) is 0 Å². The zero-order chi connectivity index (χ0) is 7.56. The zero-order valence-corrected chi connectivity index (χ0v) is 6.61. The Morgan fingerprint density at radius 3 is 2.20 bits per heavy atom. The predicted molar refractivity (Wildman–Crippen MR) is 43.8 cm³/mol. The molecule has 0 aromatic heterocycles. The monoisotopic (exact) mass is 156 g/mol. The van der Waals surface area contributed by atoms with Crippen molar-refractivity contribution in [3.8, 4) is 0 Å². The summed E-state index contributed by atoms with van der Waals surface area (Å²) in [6.45, 7) is 1.95. The van der Waals surface area contributed by atoms with Crippen LogP contribution in [0.15, 0.2) is 24.3 Å². The smallest absolute Gasteiger partial charge is 0.123 e. The van der Waals surface area contributed by atoms with E-state index in [2.05, 4.69) is 12.6 Å². The van der Waals surface area contributed by atoms with Gasteiger partial charge in [0, 0.05) is 5.25 Å². The maximum atomic E-state index is 12.3. The molecule has 2 heteroatoms. The highest BCUT2D eigenvalue weighted by atomic mass is 32.1. The Hall–Kier alpha value is -0.500. The van der Waals surface area contributed by atoms with Crippen LogP contribution in [0.5, 0.6) is 0 Å². The predicted octanol–water partition coefficient (Wildman–Crippen LogP) is 2.82. The van der Waals surface area contributed by atoms with E-state index in [-0.39, 0.29) is 11.1 Å². The van der Waals surface area contributed by atoms with Gasteiger partial charge in [-0.1, -0.05) is 12.1 Å². The van der Waals surface area contributed by atoms with E-state index >= 15 is 0 Å². The first-order chi connectivity index (χ1) is 4.70. The number of hydrogen-bond acceptors (Lipinski definition) is 1. The van der Waals surface area contributed by atoms with Crippen LogP contribution in [0.1, 0.15) is 17.7 Å². The van der Waals surface area contributed by atoms with Crippen LogP contribution in [0.4, 0.5) is 4.39 Å². The molecule has 0 heterocycles. The summed E-state index contributed by atoms with van der Waals surface area (Å²) >= 11 is 4.20. The normalized spacial score (nSPS) is 13.1. The van der Waals surface area contributed by atoms with Gasteiger partial charge in [0.15, 0.2) is 0 Å². The van der Waals surface area contributed by atoms with Crippen molar-refractivity contribution in [3.05, 3.63) is 35.6 Å². The first-order valence-corrected chi connectivity index (χ1v) is 3.65. The molecule has 0 nitrogen and oxygen atoms in total. The third-order valence-corrected chi connectivity index (χ3v) is 1.65. The van der Waals surface area contributed by atoms with E-state index in [4.69, 9.17) is 0 Å². The molecule has 1 unspecified atom stereocenters. The molecule has 1 aromatic rings. The quantitative estimate of drug-likeness (QED) is 0.594. The Morgan fingerprint density at radius 2 is 1.80 bits per heavy atom. The number of halogens is 1. The highest BCUT2D eigenvalue weighted by molar-refractivity contribution is 7.80. The minimum Gasteiger partial charge on any atom is -0.207 e. The van der Waals surface area contributed by atoms with Gasteiger partial charge in [0.2, 0.25) is 0 Å². The van der Waals surface area contributed by atoms with Gasteiger partial charge in [-0.25, -0.2) is 4.39 Å². The lowest BCUT2D eigenvalue weighted by molar-refractivity contribution is 0.627. The van der Waals surface area contributed by atoms with Crippen LogP contribution in [0, 0.1) is 5.82 Å². The molecule has 0 amide bonds. The molecule has 0 aliphatic carbocycles. The van der Waals surface area contributed by atoms with Crippen LogP contribution in [0.25, 0.3) is 0 Å². The molecule has 10 heavy (non-hydrogen) atoms. The topological polar surface area (TPSA) is 0 Å². The molecule has 1 atom stereocenters. The highest BCUT2D eigenvalue weighted by Gasteiger charge is 1.97. The molecule has 1 aromatic carbocycles. The van der Waals surface area contributed by atoms with Crippen molar-refractivity contribution in [2.45, 2.75) is 12.2 Å². The molecule has 0 saturated carbocycles. The van der Waals surface area contributed by atoms with Crippen LogP contribution >= 0.6 is 12.6 Å². The summed E-state index contributed by atoms with van der Waals surface area (Å²) in [6.07, 6.45) is 0. The van der Waals surface area contributed by atoms with Crippen molar-refractivity contribution in [3.63, 3.8) is 0 Å². The van der Waals surface area contributed by atoms with Gasteiger partial charge < -0.3 is 0 Å². The molecule has 0 N–H and O–H groups in total. The van der Waals surface area contributed by atoms with E-state index in [9.17, 15) is 4.39 Å². The number of benzene rings is 1. The first-order valence-electron chi connectivity index (χ1n) is 3.13. The minimum atomic E-state index is -0.197. The summed E-state index contributed by atoms with van der Waals surface area (Å²) in [5, 5.41) is 0.181. The first kappa shape index (κ1) is 7.61. The maximum absolute atomic E-state index is 12.3. The summed E-state index contributed by atoms with van der Waals surface area (Å²) in [4.78, 5) is 0. The Kier molecular flexibility index (Phi) is 2.33. The molecule has 0 aliphatic rings. The molecular formula is C8H9FS. The van der Waals surface area contributed by atoms with Crippen LogP contribution < -0.4 is 0 Å². The van der Waals surface area contributed by atoms with Crippen molar-refractivity contribution >= 4 is 12.6 Å². The third-order valence-electron chi connectivity index (χ3n) is 1.35. The second-order valence-corrected chi connectivity index (χ2v) is 3.00.